The Labute approximate surface area is 77.1 Å². The molecule has 0 saturated heterocycles. The first kappa shape index (κ1) is 9.83. The van der Waals surface area contributed by atoms with Gasteiger partial charge in [0, 0.05) is 0 Å². The van der Waals surface area contributed by atoms with Crippen LogP contribution in [0.3, 0.4) is 0 Å². The minimum absolute atomic E-state index is 1.35. The lowest BCUT2D eigenvalue weighted by molar-refractivity contribution is 0.578. The van der Waals surface area contributed by atoms with E-state index in [-0.39, 0.29) is 0 Å². The first-order valence-corrected chi connectivity index (χ1v) is 5.46. The van der Waals surface area contributed by atoms with Gasteiger partial charge >= 0.3 is 0 Å². The second-order valence-corrected chi connectivity index (χ2v) is 4.18. The van der Waals surface area contributed by atoms with E-state index in [9.17, 15) is 0 Å². The van der Waals surface area contributed by atoms with Crippen LogP contribution in [0.2, 0.25) is 0 Å². The molecule has 0 heteroatoms. The van der Waals surface area contributed by atoms with Gasteiger partial charge in [-0.05, 0) is 39.5 Å². The minimum atomic E-state index is 1.35. The maximum absolute atomic E-state index is 2.32. The summed E-state index contributed by atoms with van der Waals surface area (Å²) in [7, 11) is 0. The van der Waals surface area contributed by atoms with Crippen LogP contribution in [0.15, 0.2) is 11.1 Å². The van der Waals surface area contributed by atoms with Gasteiger partial charge in [0.1, 0.15) is 0 Å². The minimum Gasteiger partial charge on any atom is -0.0744 e. The van der Waals surface area contributed by atoms with Gasteiger partial charge in [-0.3, -0.25) is 0 Å². The number of hydrogen-bond acceptors (Lipinski definition) is 0. The topological polar surface area (TPSA) is 0 Å². The summed E-state index contributed by atoms with van der Waals surface area (Å²) in [6.45, 7) is 4.63. The first-order chi connectivity index (χ1) is 5.80. The Morgan fingerprint density at radius 2 is 0.917 bits per heavy atom. The van der Waals surface area contributed by atoms with E-state index in [1.54, 1.807) is 11.1 Å². The highest BCUT2D eigenvalue weighted by Gasteiger charge is 2.00. The van der Waals surface area contributed by atoms with Crippen molar-refractivity contribution in [1.29, 1.82) is 0 Å². The van der Waals surface area contributed by atoms with Crippen molar-refractivity contribution in [2.75, 3.05) is 0 Å². The second kappa shape index (κ2) is 5.40. The maximum atomic E-state index is 2.32. The fourth-order valence-corrected chi connectivity index (χ4v) is 1.91. The second-order valence-electron chi connectivity index (χ2n) is 4.18. The highest BCUT2D eigenvalue weighted by atomic mass is 14.1. The summed E-state index contributed by atoms with van der Waals surface area (Å²) in [5.74, 6) is 0. The smallest absolute Gasteiger partial charge is 0.0320 e. The van der Waals surface area contributed by atoms with Crippen LogP contribution in [0, 0.1) is 0 Å². The molecule has 0 bridgehead atoms. The lowest BCUT2D eigenvalue weighted by Gasteiger charge is -2.10. The van der Waals surface area contributed by atoms with Crippen molar-refractivity contribution < 1.29 is 0 Å². The highest BCUT2D eigenvalue weighted by Crippen LogP contribution is 2.21. The molecule has 12 heavy (non-hydrogen) atoms. The predicted molar refractivity (Wildman–Crippen MR) is 55.3 cm³/mol. The molecule has 0 spiro atoms. The molecule has 0 amide bonds. The highest BCUT2D eigenvalue weighted by molar-refractivity contribution is 5.09. The molecule has 0 heterocycles. The molecule has 70 valence electrons. The lowest BCUT2D eigenvalue weighted by atomic mass is 9.96. The predicted octanol–water partition coefficient (Wildman–Crippen LogP) is 4.46. The summed E-state index contributed by atoms with van der Waals surface area (Å²) in [6, 6.07) is 0. The van der Waals surface area contributed by atoms with Crippen LogP contribution in [0.1, 0.15) is 65.2 Å². The Morgan fingerprint density at radius 3 is 1.33 bits per heavy atom. The number of allylic oxidation sites excluding steroid dienone is 2. The maximum Gasteiger partial charge on any atom is -0.0320 e. The molecule has 0 atom stereocenters. The Morgan fingerprint density at radius 1 is 0.583 bits per heavy atom. The molecule has 0 aliphatic heterocycles. The Hall–Kier alpha value is -0.260. The van der Waals surface area contributed by atoms with Crippen LogP contribution in [0.4, 0.5) is 0 Å². The molecule has 0 aromatic heterocycles. The van der Waals surface area contributed by atoms with Crippen molar-refractivity contribution in [2.24, 2.45) is 0 Å². The SMILES string of the molecule is C/C1=C(\C)CCCCCCCC1. The largest absolute Gasteiger partial charge is 0.0744 e. The van der Waals surface area contributed by atoms with Crippen molar-refractivity contribution in [2.45, 2.75) is 65.2 Å². The van der Waals surface area contributed by atoms with Crippen LogP contribution in [0.5, 0.6) is 0 Å². The van der Waals surface area contributed by atoms with Gasteiger partial charge in [-0.2, -0.15) is 0 Å². The van der Waals surface area contributed by atoms with Gasteiger partial charge in [0.15, 0.2) is 0 Å². The quantitative estimate of drug-likeness (QED) is 0.466. The van der Waals surface area contributed by atoms with Gasteiger partial charge in [-0.1, -0.05) is 36.8 Å². The van der Waals surface area contributed by atoms with E-state index in [1.807, 2.05) is 0 Å². The zero-order valence-electron chi connectivity index (χ0n) is 8.66. The van der Waals surface area contributed by atoms with Gasteiger partial charge in [-0.15, -0.1) is 0 Å². The molecular formula is C12H22. The van der Waals surface area contributed by atoms with E-state index in [0.717, 1.165) is 0 Å². The van der Waals surface area contributed by atoms with Crippen molar-refractivity contribution in [3.8, 4) is 0 Å². The Balaban J connectivity index is 2.43. The van der Waals surface area contributed by atoms with E-state index in [1.165, 1.54) is 51.4 Å². The van der Waals surface area contributed by atoms with E-state index in [2.05, 4.69) is 13.8 Å². The normalized spacial score (nSPS) is 28.5. The van der Waals surface area contributed by atoms with Gasteiger partial charge < -0.3 is 0 Å². The summed E-state index contributed by atoms with van der Waals surface area (Å²) in [6.07, 6.45) is 11.4. The molecule has 0 aromatic carbocycles. The molecule has 0 fully saturated rings. The Bertz CT molecular complexity index is 135. The molecule has 0 aromatic rings. The van der Waals surface area contributed by atoms with Crippen molar-refractivity contribution >= 4 is 0 Å². The first-order valence-electron chi connectivity index (χ1n) is 5.46. The molecule has 0 nitrogen and oxygen atoms in total. The van der Waals surface area contributed by atoms with Gasteiger partial charge in [0.05, 0.1) is 0 Å². The monoisotopic (exact) mass is 166 g/mol. The third-order valence-corrected chi connectivity index (χ3v) is 3.08. The molecule has 0 saturated carbocycles. The van der Waals surface area contributed by atoms with Crippen LogP contribution in [0.25, 0.3) is 0 Å². The zero-order valence-corrected chi connectivity index (χ0v) is 8.66. The average molecular weight is 166 g/mol. The fraction of sp³-hybridized carbons (Fsp3) is 0.833. The molecule has 0 radical (unpaired) electrons. The number of hydrogen-bond donors (Lipinski definition) is 0. The van der Waals surface area contributed by atoms with E-state index < -0.39 is 0 Å². The van der Waals surface area contributed by atoms with Gasteiger partial charge in [0.2, 0.25) is 0 Å². The van der Waals surface area contributed by atoms with Crippen LogP contribution >= 0.6 is 0 Å². The summed E-state index contributed by atoms with van der Waals surface area (Å²) in [5, 5.41) is 0. The molecular weight excluding hydrogens is 144 g/mol. The summed E-state index contributed by atoms with van der Waals surface area (Å²) in [4.78, 5) is 0. The van der Waals surface area contributed by atoms with Gasteiger partial charge in [-0.25, -0.2) is 0 Å². The van der Waals surface area contributed by atoms with E-state index in [0.29, 0.717) is 0 Å². The zero-order chi connectivity index (χ0) is 8.81. The summed E-state index contributed by atoms with van der Waals surface area (Å²) in [5.41, 5.74) is 3.33. The van der Waals surface area contributed by atoms with E-state index >= 15 is 0 Å². The standard InChI is InChI=1S/C12H22/c1-11-9-7-5-3-4-6-8-10-12(11)2/h3-10H2,1-2H3/b12-11-. The van der Waals surface area contributed by atoms with Crippen molar-refractivity contribution in [3.05, 3.63) is 11.1 Å². The van der Waals surface area contributed by atoms with E-state index in [4.69, 9.17) is 0 Å². The molecule has 0 unspecified atom stereocenters. The number of rotatable bonds is 0. The Kier molecular flexibility index (Phi) is 4.42. The molecule has 1 rings (SSSR count). The van der Waals surface area contributed by atoms with Crippen molar-refractivity contribution in [3.63, 3.8) is 0 Å². The summed E-state index contributed by atoms with van der Waals surface area (Å²) >= 11 is 0. The average Bonchev–Trinajstić information content (AvgIpc) is 2.08. The van der Waals surface area contributed by atoms with Crippen LogP contribution in [-0.4, -0.2) is 0 Å². The molecule has 1 aliphatic rings. The lowest BCUT2D eigenvalue weighted by Crippen LogP contribution is -1.90. The van der Waals surface area contributed by atoms with Crippen LogP contribution < -0.4 is 0 Å². The van der Waals surface area contributed by atoms with Crippen LogP contribution in [-0.2, 0) is 0 Å². The fourth-order valence-electron chi connectivity index (χ4n) is 1.91. The molecule has 1 aliphatic carbocycles. The molecule has 0 N–H and O–H groups in total. The third-order valence-electron chi connectivity index (χ3n) is 3.08. The van der Waals surface area contributed by atoms with Crippen molar-refractivity contribution in [1.82, 2.24) is 0 Å². The summed E-state index contributed by atoms with van der Waals surface area (Å²) < 4.78 is 0. The third kappa shape index (κ3) is 3.42. The van der Waals surface area contributed by atoms with Gasteiger partial charge in [0.25, 0.3) is 0 Å².